The van der Waals surface area contributed by atoms with Crippen molar-refractivity contribution in [3.05, 3.63) is 59.3 Å². The predicted octanol–water partition coefficient (Wildman–Crippen LogP) is 1.55. The van der Waals surface area contributed by atoms with Gasteiger partial charge in [-0.25, -0.2) is 4.98 Å². The molecule has 12 heteroatoms. The Morgan fingerprint density at radius 2 is 1.97 bits per heavy atom. The van der Waals surface area contributed by atoms with Crippen LogP contribution in [0.1, 0.15) is 0 Å². The van der Waals surface area contributed by atoms with Gasteiger partial charge in [-0.15, -0.1) is 0 Å². The lowest BCUT2D eigenvalue weighted by Crippen LogP contribution is -2.42. The van der Waals surface area contributed by atoms with Crippen molar-refractivity contribution >= 4 is 37.7 Å². The lowest BCUT2D eigenvalue weighted by Gasteiger charge is -2.27. The molecular weight excluding hydrogens is 472 g/mol. The molecule has 0 bridgehead atoms. The molecule has 1 aliphatic rings. The Kier molecular flexibility index (Phi) is 6.19. The summed E-state index contributed by atoms with van der Waals surface area (Å²) in [5.74, 6) is 0.0398. The van der Waals surface area contributed by atoms with Gasteiger partial charge in [-0.05, 0) is 18.2 Å². The minimum atomic E-state index is -3.93. The number of ether oxygens (including phenoxy) is 2. The summed E-state index contributed by atoms with van der Waals surface area (Å²) >= 11 is 0. The molecule has 3 aromatic heterocycles. The fourth-order valence-electron chi connectivity index (χ4n) is 3.92. The Morgan fingerprint density at radius 3 is 2.71 bits per heavy atom. The van der Waals surface area contributed by atoms with Gasteiger partial charge < -0.3 is 9.47 Å². The molecule has 0 amide bonds. The summed E-state index contributed by atoms with van der Waals surface area (Å²) < 4.78 is 41.8. The molecule has 1 saturated heterocycles. The predicted molar refractivity (Wildman–Crippen MR) is 131 cm³/mol. The quantitative estimate of drug-likeness (QED) is 0.426. The Hall–Kier alpha value is -3.45. The van der Waals surface area contributed by atoms with Crippen LogP contribution in [0.5, 0.6) is 0 Å². The number of anilines is 1. The van der Waals surface area contributed by atoms with E-state index >= 15 is 0 Å². The molecule has 4 heterocycles. The van der Waals surface area contributed by atoms with Gasteiger partial charge >= 0.3 is 10.2 Å². The maximum atomic E-state index is 13.5. The Morgan fingerprint density at radius 1 is 1.11 bits per heavy atom. The normalized spacial score (nSPS) is 16.7. The summed E-state index contributed by atoms with van der Waals surface area (Å²) in [5.41, 5.74) is 1.84. The van der Waals surface area contributed by atoms with Gasteiger partial charge in [0, 0.05) is 66.5 Å². The average Bonchev–Trinajstić information content (AvgIpc) is 3.23. The van der Waals surface area contributed by atoms with Gasteiger partial charge in [0.1, 0.15) is 5.82 Å². The van der Waals surface area contributed by atoms with Crippen LogP contribution in [0, 0.1) is 0 Å². The van der Waals surface area contributed by atoms with Gasteiger partial charge in [0.05, 0.1) is 37.6 Å². The molecule has 1 fully saturated rings. The van der Waals surface area contributed by atoms with E-state index in [1.54, 1.807) is 35.3 Å². The third-order valence-corrected chi connectivity index (χ3v) is 7.23. The van der Waals surface area contributed by atoms with E-state index < -0.39 is 10.2 Å². The summed E-state index contributed by atoms with van der Waals surface area (Å²) in [6, 6.07) is 6.70. The molecule has 0 spiro atoms. The molecule has 11 nitrogen and oxygen atoms in total. The first kappa shape index (κ1) is 23.3. The summed E-state index contributed by atoms with van der Waals surface area (Å²) in [6.07, 6.45) is 6.35. The number of nitrogens with zero attached hydrogens (tertiary/aromatic N) is 5. The molecule has 5 rings (SSSR count). The molecule has 1 aliphatic heterocycles. The monoisotopic (exact) mass is 496 g/mol. The number of hydrogen-bond donors (Lipinski definition) is 1. The number of hydrogen-bond acceptors (Lipinski definition) is 8. The number of fused-ring (bicyclic) bond motifs is 2. The number of likely N-dealkylation sites (N-methyl/N-ethyl adjacent to an activating group) is 1. The molecule has 0 aliphatic carbocycles. The third kappa shape index (κ3) is 4.86. The molecule has 4 aromatic rings. The van der Waals surface area contributed by atoms with E-state index in [1.165, 1.54) is 19.3 Å². The highest BCUT2D eigenvalue weighted by atomic mass is 32.2. The number of pyridine rings is 2. The van der Waals surface area contributed by atoms with Gasteiger partial charge in [-0.2, -0.15) is 17.8 Å². The van der Waals surface area contributed by atoms with E-state index in [-0.39, 0.29) is 23.9 Å². The highest BCUT2D eigenvalue weighted by Crippen LogP contribution is 2.22. The summed E-state index contributed by atoms with van der Waals surface area (Å²) in [7, 11) is -0.675. The summed E-state index contributed by atoms with van der Waals surface area (Å²) in [4.78, 5) is 22.1. The fraction of sp³-hybridized carbons (Fsp3) is 0.304. The van der Waals surface area contributed by atoms with Crippen molar-refractivity contribution in [1.82, 2.24) is 24.1 Å². The van der Waals surface area contributed by atoms with Gasteiger partial charge in [0.25, 0.3) is 0 Å². The molecule has 0 radical (unpaired) electrons. The third-order valence-electron chi connectivity index (χ3n) is 5.79. The SMILES string of the molecule is CN(CC1COCCO1)S(=O)(=O)Nc1cc2c(=O)c3cc(-c4cnn(C)c4)cnc3ccc2cn1. The van der Waals surface area contributed by atoms with Crippen molar-refractivity contribution in [1.29, 1.82) is 0 Å². The summed E-state index contributed by atoms with van der Waals surface area (Å²) in [6.45, 7) is 1.37. The zero-order valence-corrected chi connectivity index (χ0v) is 20.0. The first-order chi connectivity index (χ1) is 16.8. The van der Waals surface area contributed by atoms with E-state index in [9.17, 15) is 13.2 Å². The Balaban J connectivity index is 1.50. The Bertz CT molecular complexity index is 1570. The lowest BCUT2D eigenvalue weighted by atomic mass is 10.1. The second-order valence-electron chi connectivity index (χ2n) is 8.33. The van der Waals surface area contributed by atoms with Crippen LogP contribution >= 0.6 is 0 Å². The van der Waals surface area contributed by atoms with Crippen molar-refractivity contribution in [2.75, 3.05) is 38.1 Å². The van der Waals surface area contributed by atoms with Crippen LogP contribution in [0.4, 0.5) is 5.82 Å². The molecule has 1 atom stereocenters. The van der Waals surface area contributed by atoms with E-state index in [0.717, 1.165) is 15.4 Å². The van der Waals surface area contributed by atoms with Crippen molar-refractivity contribution in [2.24, 2.45) is 7.05 Å². The fourth-order valence-corrected chi connectivity index (χ4v) is 4.81. The van der Waals surface area contributed by atoms with Crippen molar-refractivity contribution in [3.8, 4) is 11.1 Å². The molecule has 182 valence electrons. The van der Waals surface area contributed by atoms with Crippen LogP contribution < -0.4 is 10.2 Å². The summed E-state index contributed by atoms with van der Waals surface area (Å²) in [5, 5.41) is 5.48. The molecular formula is C23H24N6O5S. The smallest absolute Gasteiger partial charge is 0.302 e. The van der Waals surface area contributed by atoms with Gasteiger partial charge in [0.2, 0.25) is 0 Å². The van der Waals surface area contributed by atoms with Crippen LogP contribution in [-0.4, -0.2) is 72.0 Å². The maximum absolute atomic E-state index is 13.5. The highest BCUT2D eigenvalue weighted by molar-refractivity contribution is 7.90. The first-order valence-electron chi connectivity index (χ1n) is 11.0. The molecule has 1 N–H and O–H groups in total. The highest BCUT2D eigenvalue weighted by Gasteiger charge is 2.24. The van der Waals surface area contributed by atoms with Crippen molar-refractivity contribution < 1.29 is 17.9 Å². The minimum Gasteiger partial charge on any atom is -0.376 e. The molecule has 0 saturated carbocycles. The maximum Gasteiger partial charge on any atom is 0.302 e. The van der Waals surface area contributed by atoms with Gasteiger partial charge in [0.15, 0.2) is 5.43 Å². The van der Waals surface area contributed by atoms with Crippen LogP contribution in [0.2, 0.25) is 0 Å². The van der Waals surface area contributed by atoms with Gasteiger partial charge in [-0.1, -0.05) is 6.07 Å². The zero-order valence-electron chi connectivity index (χ0n) is 19.2. The second-order valence-corrected chi connectivity index (χ2v) is 10.1. The largest absolute Gasteiger partial charge is 0.376 e. The average molecular weight is 497 g/mol. The van der Waals surface area contributed by atoms with E-state index in [4.69, 9.17) is 9.47 Å². The molecule has 1 aromatic carbocycles. The lowest BCUT2D eigenvalue weighted by molar-refractivity contribution is -0.0908. The van der Waals surface area contributed by atoms with Crippen molar-refractivity contribution in [2.45, 2.75) is 6.10 Å². The second kappa shape index (κ2) is 9.30. The number of aromatic nitrogens is 4. The van der Waals surface area contributed by atoms with Crippen LogP contribution in [0.15, 0.2) is 53.8 Å². The van der Waals surface area contributed by atoms with E-state index in [0.29, 0.717) is 41.5 Å². The number of nitrogens with one attached hydrogen (secondary N) is 1. The molecule has 1 unspecified atom stereocenters. The zero-order chi connectivity index (χ0) is 24.6. The van der Waals surface area contributed by atoms with Crippen LogP contribution in [-0.2, 0) is 26.7 Å². The number of rotatable bonds is 6. The van der Waals surface area contributed by atoms with E-state index in [2.05, 4.69) is 19.8 Å². The number of aryl methyl sites for hydroxylation is 1. The first-order valence-corrected chi connectivity index (χ1v) is 12.4. The van der Waals surface area contributed by atoms with E-state index in [1.807, 2.05) is 13.2 Å². The standard InChI is InChI=1S/C23H24N6O5S/c1-28-12-17(11-26-28)16-7-20-21(24-10-16)4-3-15-9-25-22(8-19(15)23(20)30)27-35(31,32)29(2)13-18-14-33-5-6-34-18/h3-4,7-12,18H,5-6,13-14H2,1-2H3,(H,25,27). The Labute approximate surface area is 201 Å². The van der Waals surface area contributed by atoms with Crippen molar-refractivity contribution in [3.63, 3.8) is 0 Å². The van der Waals surface area contributed by atoms with Crippen LogP contribution in [0.25, 0.3) is 32.8 Å². The van der Waals surface area contributed by atoms with Gasteiger partial charge in [-0.3, -0.25) is 19.2 Å². The topological polar surface area (TPSA) is 129 Å². The molecule has 35 heavy (non-hydrogen) atoms. The van der Waals surface area contributed by atoms with Crippen LogP contribution in [0.3, 0.4) is 0 Å². The minimum absolute atomic E-state index is 0.0398.